The monoisotopic (exact) mass is 421 g/mol. The molecule has 5 rings (SSSR count). The standard InChI is InChI=1S/C28H25N3O.H2/c1-20-22(17-21-11-5-2-6-12-21)18-25-26(32)19-27(30-23-13-7-3-8-14-23)31(28(25)29-20)24-15-9-4-10-16-24;/h2,4-7,9-16,18-19,30H,3,8,17H2,1H3;1H. The lowest BCUT2D eigenvalue weighted by Gasteiger charge is -2.20. The molecule has 4 nitrogen and oxygen atoms in total. The van der Waals surface area contributed by atoms with E-state index in [0.29, 0.717) is 16.9 Å². The number of nitrogens with zero attached hydrogens (tertiary/aromatic N) is 2. The van der Waals surface area contributed by atoms with Crippen molar-refractivity contribution in [3.8, 4) is 5.69 Å². The highest BCUT2D eigenvalue weighted by atomic mass is 16.1. The van der Waals surface area contributed by atoms with E-state index in [4.69, 9.17) is 4.98 Å². The first kappa shape index (κ1) is 20.0. The molecule has 0 saturated heterocycles. The SMILES string of the molecule is Cc1nc2c(cc1Cc1ccccc1)c(=O)cc(NC1=CCCC=C1)n2-c1ccccc1.[HH]. The Kier molecular flexibility index (Phi) is 5.42. The van der Waals surface area contributed by atoms with E-state index in [1.807, 2.05) is 66.1 Å². The van der Waals surface area contributed by atoms with Crippen LogP contribution in [-0.4, -0.2) is 9.55 Å². The lowest BCUT2D eigenvalue weighted by atomic mass is 10.0. The van der Waals surface area contributed by atoms with Gasteiger partial charge in [-0.1, -0.05) is 60.7 Å². The van der Waals surface area contributed by atoms with E-state index in [1.54, 1.807) is 6.07 Å². The van der Waals surface area contributed by atoms with Crippen molar-refractivity contribution in [1.82, 2.24) is 9.55 Å². The van der Waals surface area contributed by atoms with Gasteiger partial charge in [0.1, 0.15) is 11.5 Å². The van der Waals surface area contributed by atoms with Gasteiger partial charge in [-0.15, -0.1) is 0 Å². The number of rotatable bonds is 5. The van der Waals surface area contributed by atoms with Crippen LogP contribution in [0.1, 0.15) is 31.1 Å². The van der Waals surface area contributed by atoms with Crippen molar-refractivity contribution in [3.63, 3.8) is 0 Å². The van der Waals surface area contributed by atoms with Crippen LogP contribution in [0.15, 0.2) is 102 Å². The third-order valence-electron chi connectivity index (χ3n) is 5.80. The van der Waals surface area contributed by atoms with Gasteiger partial charge in [-0.25, -0.2) is 4.98 Å². The zero-order chi connectivity index (χ0) is 21.9. The number of pyridine rings is 2. The molecule has 32 heavy (non-hydrogen) atoms. The lowest BCUT2D eigenvalue weighted by Crippen LogP contribution is -2.16. The van der Waals surface area contributed by atoms with Crippen LogP contribution in [0.3, 0.4) is 0 Å². The molecule has 4 aromatic rings. The predicted molar refractivity (Wildman–Crippen MR) is 134 cm³/mol. The summed E-state index contributed by atoms with van der Waals surface area (Å²) in [5.41, 5.74) is 5.80. The number of hydrogen-bond acceptors (Lipinski definition) is 3. The highest BCUT2D eigenvalue weighted by molar-refractivity contribution is 5.81. The third kappa shape index (κ3) is 4.00. The van der Waals surface area contributed by atoms with Crippen LogP contribution in [0, 0.1) is 6.92 Å². The van der Waals surface area contributed by atoms with E-state index in [9.17, 15) is 4.79 Å². The Morgan fingerprint density at radius 2 is 1.75 bits per heavy atom. The van der Waals surface area contributed by atoms with Crippen LogP contribution in [0.5, 0.6) is 0 Å². The van der Waals surface area contributed by atoms with E-state index in [0.717, 1.165) is 41.9 Å². The number of aryl methyl sites for hydroxylation is 1. The molecule has 1 aliphatic rings. The normalized spacial score (nSPS) is 13.2. The summed E-state index contributed by atoms with van der Waals surface area (Å²) in [5.74, 6) is 0.717. The smallest absolute Gasteiger partial charge is 0.193 e. The molecular weight excluding hydrogens is 394 g/mol. The van der Waals surface area contributed by atoms with Crippen LogP contribution in [0.4, 0.5) is 5.82 Å². The quantitative estimate of drug-likeness (QED) is 0.419. The minimum atomic E-state index is -0.0307. The second kappa shape index (κ2) is 8.67. The average Bonchev–Trinajstić information content (AvgIpc) is 2.82. The highest BCUT2D eigenvalue weighted by Gasteiger charge is 2.15. The Morgan fingerprint density at radius 3 is 2.47 bits per heavy atom. The Hall–Kier alpha value is -3.92. The fourth-order valence-electron chi connectivity index (χ4n) is 4.15. The van der Waals surface area contributed by atoms with E-state index in [-0.39, 0.29) is 6.86 Å². The maximum atomic E-state index is 13.2. The van der Waals surface area contributed by atoms with Crippen molar-refractivity contribution < 1.29 is 1.43 Å². The second-order valence-electron chi connectivity index (χ2n) is 8.10. The summed E-state index contributed by atoms with van der Waals surface area (Å²) >= 11 is 0. The first-order valence-electron chi connectivity index (χ1n) is 11.0. The van der Waals surface area contributed by atoms with Crippen LogP contribution in [0.25, 0.3) is 16.7 Å². The van der Waals surface area contributed by atoms with Gasteiger partial charge in [0.05, 0.1) is 5.39 Å². The zero-order valence-electron chi connectivity index (χ0n) is 18.1. The molecule has 4 heteroatoms. The van der Waals surface area contributed by atoms with Gasteiger partial charge in [0.25, 0.3) is 0 Å². The van der Waals surface area contributed by atoms with E-state index < -0.39 is 0 Å². The van der Waals surface area contributed by atoms with Crippen molar-refractivity contribution in [1.29, 1.82) is 0 Å². The fraction of sp³-hybridized carbons (Fsp3) is 0.143. The van der Waals surface area contributed by atoms with Crippen LogP contribution < -0.4 is 10.7 Å². The molecule has 0 fully saturated rings. The second-order valence-corrected chi connectivity index (χ2v) is 8.10. The molecule has 2 heterocycles. The summed E-state index contributed by atoms with van der Waals surface area (Å²) in [4.78, 5) is 18.2. The Labute approximate surface area is 189 Å². The molecule has 0 radical (unpaired) electrons. The molecule has 0 aliphatic heterocycles. The summed E-state index contributed by atoms with van der Waals surface area (Å²) < 4.78 is 2.04. The molecule has 0 saturated carbocycles. The topological polar surface area (TPSA) is 46.9 Å². The Morgan fingerprint density at radius 1 is 1.00 bits per heavy atom. The lowest BCUT2D eigenvalue weighted by molar-refractivity contribution is 1.00. The van der Waals surface area contributed by atoms with Gasteiger partial charge in [-0.2, -0.15) is 0 Å². The van der Waals surface area contributed by atoms with Gasteiger partial charge in [0.15, 0.2) is 5.43 Å². The van der Waals surface area contributed by atoms with E-state index in [2.05, 4.69) is 35.7 Å². The molecule has 160 valence electrons. The number of anilines is 1. The predicted octanol–water partition coefficient (Wildman–Crippen LogP) is 6.18. The number of aromatic nitrogens is 2. The van der Waals surface area contributed by atoms with E-state index >= 15 is 0 Å². The van der Waals surface area contributed by atoms with Crippen LogP contribution in [-0.2, 0) is 6.42 Å². The molecule has 1 N–H and O–H groups in total. The van der Waals surface area contributed by atoms with Crippen molar-refractivity contribution in [2.24, 2.45) is 0 Å². The number of hydrogen-bond donors (Lipinski definition) is 1. The van der Waals surface area contributed by atoms with Gasteiger partial charge >= 0.3 is 0 Å². The number of allylic oxidation sites excluding steroid dienone is 3. The Bertz CT molecular complexity index is 1390. The molecule has 0 unspecified atom stereocenters. The number of fused-ring (bicyclic) bond motifs is 1. The fourth-order valence-corrected chi connectivity index (χ4v) is 4.15. The van der Waals surface area contributed by atoms with Crippen LogP contribution in [0.2, 0.25) is 0 Å². The molecular formula is C28H27N3O. The summed E-state index contributed by atoms with van der Waals surface area (Å²) in [6.07, 6.45) is 9.15. The molecule has 1 aliphatic carbocycles. The van der Waals surface area contributed by atoms with Crippen molar-refractivity contribution in [2.75, 3.05) is 5.32 Å². The highest BCUT2D eigenvalue weighted by Crippen LogP contribution is 2.25. The first-order chi connectivity index (χ1) is 15.7. The Balaban J connectivity index is 0.00000259. The van der Waals surface area contributed by atoms with Gasteiger partial charge in [-0.05, 0) is 61.6 Å². The molecule has 0 amide bonds. The zero-order valence-corrected chi connectivity index (χ0v) is 18.1. The summed E-state index contributed by atoms with van der Waals surface area (Å²) in [6, 6.07) is 24.0. The van der Waals surface area contributed by atoms with Gasteiger partial charge < -0.3 is 5.32 Å². The average molecular weight is 422 g/mol. The van der Waals surface area contributed by atoms with Crippen molar-refractivity contribution in [3.05, 3.63) is 124 Å². The summed E-state index contributed by atoms with van der Waals surface area (Å²) in [5, 5.41) is 4.08. The van der Waals surface area contributed by atoms with Crippen LogP contribution >= 0.6 is 0 Å². The minimum Gasteiger partial charge on any atom is -0.341 e. The maximum Gasteiger partial charge on any atom is 0.193 e. The molecule has 0 bridgehead atoms. The van der Waals surface area contributed by atoms with Crippen molar-refractivity contribution in [2.45, 2.75) is 26.2 Å². The minimum absolute atomic E-state index is 0. The first-order valence-corrected chi connectivity index (χ1v) is 11.0. The van der Waals surface area contributed by atoms with E-state index in [1.165, 1.54) is 5.56 Å². The number of para-hydroxylation sites is 1. The third-order valence-corrected chi connectivity index (χ3v) is 5.80. The summed E-state index contributed by atoms with van der Waals surface area (Å²) in [7, 11) is 0. The van der Waals surface area contributed by atoms with Gasteiger partial charge in [-0.3, -0.25) is 9.36 Å². The van der Waals surface area contributed by atoms with Gasteiger partial charge in [0, 0.05) is 24.6 Å². The van der Waals surface area contributed by atoms with Crippen molar-refractivity contribution >= 4 is 16.9 Å². The molecule has 2 aromatic carbocycles. The number of benzene rings is 2. The molecule has 0 spiro atoms. The largest absolute Gasteiger partial charge is 0.341 e. The molecule has 2 aromatic heterocycles. The van der Waals surface area contributed by atoms with Gasteiger partial charge in [0.2, 0.25) is 0 Å². The number of nitrogens with one attached hydrogen (secondary N) is 1. The molecule has 0 atom stereocenters. The maximum absolute atomic E-state index is 13.2. The summed E-state index contributed by atoms with van der Waals surface area (Å²) in [6.45, 7) is 2.02.